The van der Waals surface area contributed by atoms with Gasteiger partial charge in [-0.25, -0.2) is 4.79 Å². The van der Waals surface area contributed by atoms with E-state index >= 15 is 0 Å². The molecule has 0 bridgehead atoms. The fraction of sp³-hybridized carbons (Fsp3) is 0.647. The fourth-order valence-corrected chi connectivity index (χ4v) is 7.74. The van der Waals surface area contributed by atoms with Gasteiger partial charge >= 0.3 is 11.9 Å². The van der Waals surface area contributed by atoms with E-state index in [1.54, 1.807) is 12.2 Å². The third-order valence-corrected chi connectivity index (χ3v) is 10.3. The van der Waals surface area contributed by atoms with Gasteiger partial charge in [0.1, 0.15) is 24.1 Å². The highest BCUT2D eigenvalue weighted by atomic mass is 16.7. The van der Waals surface area contributed by atoms with E-state index in [1.165, 1.54) is 26.0 Å². The number of methoxy groups -OCH3 is 1. The summed E-state index contributed by atoms with van der Waals surface area (Å²) in [5.41, 5.74) is -0.435. The van der Waals surface area contributed by atoms with Gasteiger partial charge < -0.3 is 49.5 Å². The Labute approximate surface area is 268 Å². The molecular formula is C34H47NO11. The Morgan fingerprint density at radius 1 is 1.24 bits per heavy atom. The van der Waals surface area contributed by atoms with Crippen molar-refractivity contribution in [2.24, 2.45) is 17.8 Å². The molecule has 254 valence electrons. The first-order valence-corrected chi connectivity index (χ1v) is 16.2. The highest BCUT2D eigenvalue weighted by Gasteiger charge is 2.58. The van der Waals surface area contributed by atoms with Crippen molar-refractivity contribution in [3.05, 3.63) is 46.6 Å². The molecule has 1 aromatic heterocycles. The average Bonchev–Trinajstić information content (AvgIpc) is 3.74. The summed E-state index contributed by atoms with van der Waals surface area (Å²) >= 11 is 0. The number of aliphatic hydroxyl groups excluding tert-OH is 4. The Balaban J connectivity index is 1.45. The zero-order valence-corrected chi connectivity index (χ0v) is 26.5. The van der Waals surface area contributed by atoms with Gasteiger partial charge in [0.25, 0.3) is 0 Å². The normalized spacial score (nSPS) is 33.5. The molecule has 1 aromatic rings. The summed E-state index contributed by atoms with van der Waals surface area (Å²) in [5.74, 6) is -1.93. The molecule has 3 heterocycles. The maximum Gasteiger partial charge on any atom is 0.333 e. The number of carbonyl (C=O) groups excluding carboxylic acids is 1. The van der Waals surface area contributed by atoms with Crippen LogP contribution in [0.5, 0.6) is 0 Å². The van der Waals surface area contributed by atoms with Crippen molar-refractivity contribution in [1.29, 1.82) is 0 Å². The molecule has 1 spiro atoms. The maximum atomic E-state index is 12.4. The van der Waals surface area contributed by atoms with E-state index in [2.05, 4.69) is 18.5 Å². The molecule has 12 heteroatoms. The van der Waals surface area contributed by atoms with Crippen LogP contribution in [0, 0.1) is 17.8 Å². The van der Waals surface area contributed by atoms with Crippen molar-refractivity contribution >= 4 is 23.8 Å². The number of carboxylic acids is 1. The number of fused-ring (bicyclic) bond motifs is 1. The van der Waals surface area contributed by atoms with Crippen LogP contribution in [0.4, 0.5) is 0 Å². The Bertz CT molecular complexity index is 1420. The van der Waals surface area contributed by atoms with Crippen molar-refractivity contribution in [2.45, 2.75) is 101 Å². The van der Waals surface area contributed by atoms with E-state index in [0.29, 0.717) is 24.5 Å². The van der Waals surface area contributed by atoms with Gasteiger partial charge in [-0.15, -0.1) is 6.58 Å². The van der Waals surface area contributed by atoms with Gasteiger partial charge in [-0.1, -0.05) is 31.9 Å². The average molecular weight is 646 g/mol. The second kappa shape index (κ2) is 14.4. The first-order chi connectivity index (χ1) is 22.1. The fourth-order valence-electron chi connectivity index (χ4n) is 7.74. The van der Waals surface area contributed by atoms with Crippen molar-refractivity contribution < 1.29 is 54.1 Å². The predicted molar refractivity (Wildman–Crippen MR) is 165 cm³/mol. The van der Waals surface area contributed by atoms with Gasteiger partial charge in [-0.05, 0) is 49.7 Å². The zero-order valence-electron chi connectivity index (χ0n) is 26.5. The Kier molecular flexibility index (Phi) is 10.8. The monoisotopic (exact) mass is 645 g/mol. The predicted octanol–water partition coefficient (Wildman–Crippen LogP) is 0.959. The molecule has 4 aliphatic rings. The summed E-state index contributed by atoms with van der Waals surface area (Å²) in [6.45, 7) is 5.38. The number of hydrogen-bond acceptors (Lipinski definition) is 10. The van der Waals surface area contributed by atoms with Crippen LogP contribution in [0.15, 0.2) is 30.4 Å². The quantitative estimate of drug-likeness (QED) is 0.140. The van der Waals surface area contributed by atoms with Crippen LogP contribution in [0.3, 0.4) is 0 Å². The summed E-state index contributed by atoms with van der Waals surface area (Å²) in [5, 5.41) is 54.4. The number of nitrogens with one attached hydrogen (secondary N) is 1. The first-order valence-electron chi connectivity index (χ1n) is 16.2. The van der Waals surface area contributed by atoms with Gasteiger partial charge in [-0.3, -0.25) is 4.79 Å². The van der Waals surface area contributed by atoms with Gasteiger partial charge in [-0.2, -0.15) is 0 Å². The summed E-state index contributed by atoms with van der Waals surface area (Å²) in [4.78, 5) is 27.7. The maximum absolute atomic E-state index is 12.4. The summed E-state index contributed by atoms with van der Waals surface area (Å²) < 4.78 is 23.7. The van der Waals surface area contributed by atoms with Gasteiger partial charge in [0.15, 0.2) is 11.9 Å². The van der Waals surface area contributed by atoms with E-state index in [0.717, 1.165) is 29.1 Å². The molecule has 2 fully saturated rings. The largest absolute Gasteiger partial charge is 0.481 e. The molecular weight excluding hydrogens is 598 g/mol. The molecule has 0 radical (unpaired) electrons. The second-order valence-corrected chi connectivity index (χ2v) is 12.9. The summed E-state index contributed by atoms with van der Waals surface area (Å²) in [7, 11) is 1.22. The van der Waals surface area contributed by atoms with E-state index in [9.17, 15) is 35.1 Å². The lowest BCUT2D eigenvalue weighted by Gasteiger charge is -2.51. The summed E-state index contributed by atoms with van der Waals surface area (Å²) in [6.07, 6.45) is 3.42. The van der Waals surface area contributed by atoms with Crippen molar-refractivity contribution in [3.63, 3.8) is 0 Å². The SMILES string of the molecule is C=CC1C(OC2OC(CO)C3(C=c4cc(C(C)C5CCCC5)[nH]c4=C(CCCO)O3)C(O)C2O)CC=C(C(=O)OC)C1CC(=O)O. The standard InChI is InChI=1S/C34H47NO11/c1-4-21-23(15-28(38)39)22(32(42)43-3)11-12-25(21)44-33-30(40)31(41)34(27(17-37)45-33)16-20-14-24(18(2)19-8-5-6-9-19)35-29(20)26(46-34)10-7-13-36/h4,11,14,16,18-19,21,23,25,27,30-31,33,35-37,40-41H,1,5-10,12-13,15,17H2,2-3H3,(H,38,39). The van der Waals surface area contributed by atoms with Gasteiger partial charge in [0.2, 0.25) is 0 Å². The van der Waals surface area contributed by atoms with Crippen LogP contribution in [0.25, 0.3) is 11.8 Å². The highest BCUT2D eigenvalue weighted by Crippen LogP contribution is 2.42. The van der Waals surface area contributed by atoms with E-state index in [-0.39, 0.29) is 30.9 Å². The van der Waals surface area contributed by atoms with Crippen molar-refractivity contribution in [2.75, 3.05) is 20.3 Å². The zero-order chi connectivity index (χ0) is 33.2. The third-order valence-electron chi connectivity index (χ3n) is 10.3. The topological polar surface area (TPSA) is 188 Å². The van der Waals surface area contributed by atoms with Crippen LogP contribution < -0.4 is 10.6 Å². The molecule has 1 saturated heterocycles. The number of carbonyl (C=O) groups is 2. The van der Waals surface area contributed by atoms with Crippen LogP contribution in [0.1, 0.15) is 69.9 Å². The number of carboxylic acid groups (broad SMARTS) is 1. The lowest BCUT2D eigenvalue weighted by atomic mass is 9.74. The lowest BCUT2D eigenvalue weighted by Crippen LogP contribution is -2.69. The minimum atomic E-state index is -1.67. The van der Waals surface area contributed by atoms with Crippen LogP contribution in [-0.4, -0.2) is 99.1 Å². The van der Waals surface area contributed by atoms with Gasteiger partial charge in [0.05, 0.1) is 31.6 Å². The van der Waals surface area contributed by atoms with Crippen molar-refractivity contribution in [3.8, 4) is 0 Å². The lowest BCUT2D eigenvalue weighted by molar-refractivity contribution is -0.328. The molecule has 1 saturated carbocycles. The van der Waals surface area contributed by atoms with Crippen LogP contribution in [-0.2, 0) is 28.5 Å². The Morgan fingerprint density at radius 3 is 2.61 bits per heavy atom. The Morgan fingerprint density at radius 2 is 1.98 bits per heavy atom. The Hall–Kier alpha value is -3.00. The van der Waals surface area contributed by atoms with Crippen molar-refractivity contribution in [1.82, 2.24) is 4.98 Å². The molecule has 9 atom stereocenters. The van der Waals surface area contributed by atoms with E-state index in [4.69, 9.17) is 18.9 Å². The molecule has 2 aliphatic heterocycles. The molecule has 9 unspecified atom stereocenters. The van der Waals surface area contributed by atoms with Crippen LogP contribution >= 0.6 is 0 Å². The number of hydrogen-bond donors (Lipinski definition) is 6. The molecule has 6 N–H and O–H groups in total. The molecule has 5 rings (SSSR count). The highest BCUT2D eigenvalue weighted by molar-refractivity contribution is 5.90. The van der Waals surface area contributed by atoms with E-state index in [1.807, 2.05) is 6.07 Å². The molecule has 2 aliphatic carbocycles. The minimum Gasteiger partial charge on any atom is -0.481 e. The molecule has 0 aromatic carbocycles. The first kappa shape index (κ1) is 34.3. The number of esters is 1. The second-order valence-electron chi connectivity index (χ2n) is 12.9. The molecule has 0 amide bonds. The van der Waals surface area contributed by atoms with Gasteiger partial charge in [0, 0.05) is 41.3 Å². The summed E-state index contributed by atoms with van der Waals surface area (Å²) in [6, 6.07) is 2.03. The molecule has 46 heavy (non-hydrogen) atoms. The number of ether oxygens (including phenoxy) is 4. The number of aromatic amines is 1. The van der Waals surface area contributed by atoms with E-state index < -0.39 is 66.7 Å². The number of rotatable bonds is 12. The smallest absolute Gasteiger partial charge is 0.333 e. The number of aliphatic carboxylic acids is 1. The molecule has 12 nitrogen and oxygen atoms in total. The number of aromatic nitrogens is 1. The third kappa shape index (κ3) is 6.43. The minimum absolute atomic E-state index is 0.0765. The van der Waals surface area contributed by atoms with Crippen LogP contribution in [0.2, 0.25) is 0 Å². The number of aliphatic hydroxyl groups is 4. The number of H-pyrrole nitrogens is 1.